The van der Waals surface area contributed by atoms with Gasteiger partial charge in [0, 0.05) is 27.5 Å². The topological polar surface area (TPSA) is 35.5 Å². The van der Waals surface area contributed by atoms with Crippen LogP contribution < -0.4 is 9.47 Å². The zero-order valence-electron chi connectivity index (χ0n) is 18.0. The van der Waals surface area contributed by atoms with E-state index in [4.69, 9.17) is 9.47 Å². The Bertz CT molecular complexity index is 1110. The van der Waals surface area contributed by atoms with Crippen LogP contribution in [-0.2, 0) is 17.6 Å². The third-order valence-electron chi connectivity index (χ3n) is 5.96. The van der Waals surface area contributed by atoms with Gasteiger partial charge in [0.05, 0.1) is 0 Å². The first-order valence-electron chi connectivity index (χ1n) is 10.7. The molecule has 3 heteroatoms. The number of fused-ring (bicyclic) bond motifs is 2. The quantitative estimate of drug-likeness (QED) is 0.264. The van der Waals surface area contributed by atoms with Crippen LogP contribution >= 0.6 is 0 Å². The number of esters is 1. The van der Waals surface area contributed by atoms with Crippen LogP contribution in [-0.4, -0.2) is 5.97 Å². The van der Waals surface area contributed by atoms with Gasteiger partial charge in [-0.05, 0) is 57.2 Å². The lowest BCUT2D eigenvalue weighted by Crippen LogP contribution is -2.18. The smallest absolute Gasteiger partial charge is 0.338 e. The van der Waals surface area contributed by atoms with Crippen molar-refractivity contribution in [3.05, 3.63) is 77.4 Å². The molecule has 1 unspecified atom stereocenters. The highest BCUT2D eigenvalue weighted by atomic mass is 16.5. The van der Waals surface area contributed by atoms with E-state index >= 15 is 0 Å². The van der Waals surface area contributed by atoms with E-state index in [0.29, 0.717) is 17.2 Å². The zero-order valence-corrected chi connectivity index (χ0v) is 18.0. The number of carbonyl (C=O) groups excluding carboxylic acids is 1. The highest BCUT2D eigenvalue weighted by Crippen LogP contribution is 2.47. The van der Waals surface area contributed by atoms with E-state index in [9.17, 15) is 4.79 Å². The van der Waals surface area contributed by atoms with E-state index in [1.807, 2.05) is 36.4 Å². The second-order valence-electron chi connectivity index (χ2n) is 8.27. The summed E-state index contributed by atoms with van der Waals surface area (Å²) in [5.41, 5.74) is 3.80. The molecule has 0 N–H and O–H groups in total. The van der Waals surface area contributed by atoms with Crippen LogP contribution in [0.15, 0.2) is 60.7 Å². The van der Waals surface area contributed by atoms with Crippen molar-refractivity contribution in [1.82, 2.24) is 0 Å². The maximum Gasteiger partial charge on any atom is 0.338 e. The van der Waals surface area contributed by atoms with Crippen LogP contribution in [0.3, 0.4) is 0 Å². The molecule has 154 valence electrons. The maximum absolute atomic E-state index is 12.5. The zero-order chi connectivity index (χ0) is 21.3. The van der Waals surface area contributed by atoms with Gasteiger partial charge in [-0.25, -0.2) is 4.79 Å². The van der Waals surface area contributed by atoms with Crippen LogP contribution in [0, 0.1) is 12.8 Å². The molecule has 0 spiro atoms. The number of para-hydroxylation sites is 1. The number of benzene rings is 3. The van der Waals surface area contributed by atoms with Crippen molar-refractivity contribution in [3.8, 4) is 17.2 Å². The fourth-order valence-corrected chi connectivity index (χ4v) is 4.23. The first-order valence-corrected chi connectivity index (χ1v) is 10.7. The number of hydrogen-bond donors (Lipinski definition) is 0. The summed E-state index contributed by atoms with van der Waals surface area (Å²) in [6.45, 7) is 9.74. The van der Waals surface area contributed by atoms with Crippen molar-refractivity contribution in [2.24, 2.45) is 5.92 Å². The minimum atomic E-state index is -0.380. The van der Waals surface area contributed by atoms with Gasteiger partial charge in [0.2, 0.25) is 0 Å². The van der Waals surface area contributed by atoms with Gasteiger partial charge in [0.15, 0.2) is 0 Å². The molecule has 4 rings (SSSR count). The predicted molar refractivity (Wildman–Crippen MR) is 121 cm³/mol. The van der Waals surface area contributed by atoms with Gasteiger partial charge in [0.25, 0.3) is 0 Å². The number of ether oxygens (including phenoxy) is 2. The average molecular weight is 401 g/mol. The molecule has 0 bridgehead atoms. The van der Waals surface area contributed by atoms with E-state index in [1.165, 1.54) is 0 Å². The molecule has 0 radical (unpaired) electrons. The van der Waals surface area contributed by atoms with Gasteiger partial charge in [0.1, 0.15) is 17.2 Å². The molecule has 0 heterocycles. The van der Waals surface area contributed by atoms with Crippen molar-refractivity contribution < 1.29 is 14.3 Å². The Kier molecular flexibility index (Phi) is 5.63. The molecular formula is C27H28O3. The fraction of sp³-hybridized carbons (Fsp3) is 0.296. The molecule has 3 aromatic rings. The van der Waals surface area contributed by atoms with Crippen LogP contribution in [0.4, 0.5) is 0 Å². The molecule has 1 aliphatic rings. The molecule has 1 aliphatic carbocycles. The lowest BCUT2D eigenvalue weighted by atomic mass is 9.80. The van der Waals surface area contributed by atoms with E-state index in [2.05, 4.69) is 32.6 Å². The summed E-state index contributed by atoms with van der Waals surface area (Å²) in [7, 11) is 0. The van der Waals surface area contributed by atoms with E-state index in [1.54, 1.807) is 6.92 Å². The Labute approximate surface area is 178 Å². The van der Waals surface area contributed by atoms with E-state index in [-0.39, 0.29) is 5.97 Å². The van der Waals surface area contributed by atoms with Crippen molar-refractivity contribution >= 4 is 16.7 Å². The first kappa shape index (κ1) is 20.2. The van der Waals surface area contributed by atoms with Crippen LogP contribution in [0.25, 0.3) is 10.8 Å². The van der Waals surface area contributed by atoms with Crippen LogP contribution in [0.2, 0.25) is 0 Å². The minimum Gasteiger partial charge on any atom is -0.456 e. The average Bonchev–Trinajstić information content (AvgIpc) is 2.76. The van der Waals surface area contributed by atoms with Gasteiger partial charge in [-0.1, -0.05) is 55.8 Å². The van der Waals surface area contributed by atoms with Gasteiger partial charge >= 0.3 is 5.97 Å². The third kappa shape index (κ3) is 3.85. The Morgan fingerprint density at radius 3 is 2.53 bits per heavy atom. The largest absolute Gasteiger partial charge is 0.456 e. The summed E-state index contributed by atoms with van der Waals surface area (Å²) in [5, 5.41) is 1.90. The number of hydrogen-bond acceptors (Lipinski definition) is 3. The number of carbonyl (C=O) groups is 1. The van der Waals surface area contributed by atoms with Gasteiger partial charge in [-0.15, -0.1) is 0 Å². The lowest BCUT2D eigenvalue weighted by Gasteiger charge is -2.29. The molecule has 1 atom stereocenters. The Balaban J connectivity index is 1.97. The maximum atomic E-state index is 12.5. The van der Waals surface area contributed by atoms with E-state index < -0.39 is 0 Å². The molecule has 3 nitrogen and oxygen atoms in total. The molecule has 3 aromatic carbocycles. The summed E-state index contributed by atoms with van der Waals surface area (Å²) >= 11 is 0. The summed E-state index contributed by atoms with van der Waals surface area (Å²) < 4.78 is 12.4. The van der Waals surface area contributed by atoms with Crippen molar-refractivity contribution in [2.45, 2.75) is 46.5 Å². The molecule has 0 saturated carbocycles. The molecule has 0 aliphatic heterocycles. The van der Waals surface area contributed by atoms with Crippen molar-refractivity contribution in [3.63, 3.8) is 0 Å². The van der Waals surface area contributed by atoms with Gasteiger partial charge in [-0.2, -0.15) is 0 Å². The fourth-order valence-electron chi connectivity index (χ4n) is 4.23. The second-order valence-corrected chi connectivity index (χ2v) is 8.27. The minimum absolute atomic E-state index is 0.380. The highest BCUT2D eigenvalue weighted by Gasteiger charge is 2.29. The monoisotopic (exact) mass is 400 g/mol. The molecular weight excluding hydrogens is 372 g/mol. The predicted octanol–water partition coefficient (Wildman–Crippen LogP) is 6.94. The van der Waals surface area contributed by atoms with Crippen molar-refractivity contribution in [1.29, 1.82) is 0 Å². The van der Waals surface area contributed by atoms with E-state index in [0.717, 1.165) is 64.6 Å². The second kappa shape index (κ2) is 8.35. The normalized spacial score (nSPS) is 15.5. The summed E-state index contributed by atoms with van der Waals surface area (Å²) in [6.07, 6.45) is 4.02. The highest BCUT2D eigenvalue weighted by molar-refractivity contribution is 6.00. The lowest BCUT2D eigenvalue weighted by molar-refractivity contribution is -0.130. The summed E-state index contributed by atoms with van der Waals surface area (Å²) in [4.78, 5) is 12.5. The summed E-state index contributed by atoms with van der Waals surface area (Å²) in [6, 6.07) is 16.1. The SMILES string of the molecule is C=C(C)C(=O)Oc1c2c(c(Oc3ccccc3)c3cc(C)ccc13)CCC(CC)C2. The molecule has 0 aromatic heterocycles. The molecule has 0 saturated heterocycles. The van der Waals surface area contributed by atoms with Crippen LogP contribution in [0.5, 0.6) is 17.2 Å². The number of aryl methyl sites for hydroxylation is 1. The van der Waals surface area contributed by atoms with Gasteiger partial charge < -0.3 is 9.47 Å². The molecule has 0 amide bonds. The van der Waals surface area contributed by atoms with Crippen molar-refractivity contribution in [2.75, 3.05) is 0 Å². The Hall–Kier alpha value is -3.07. The number of rotatable bonds is 5. The standard InChI is InChI=1S/C27H28O3/c1-5-19-12-14-22-24(16-19)26(30-27(28)17(2)3)21-13-11-18(4)15-23(21)25(22)29-20-9-7-6-8-10-20/h6-11,13,15,19H,2,5,12,14,16H2,1,3-4H3. The molecule has 0 fully saturated rings. The Morgan fingerprint density at radius 1 is 1.07 bits per heavy atom. The van der Waals surface area contributed by atoms with Gasteiger partial charge in [-0.3, -0.25) is 0 Å². The first-order chi connectivity index (χ1) is 14.5. The Morgan fingerprint density at radius 2 is 1.83 bits per heavy atom. The summed E-state index contributed by atoms with van der Waals surface area (Å²) in [5.74, 6) is 2.57. The molecule has 30 heavy (non-hydrogen) atoms. The third-order valence-corrected chi connectivity index (χ3v) is 5.96. The van der Waals surface area contributed by atoms with Crippen LogP contribution in [0.1, 0.15) is 43.4 Å².